The molecule has 0 spiro atoms. The molecule has 1 aromatic rings. The second-order valence-corrected chi connectivity index (χ2v) is 4.65. The molecule has 0 aromatic carbocycles. The fourth-order valence-electron chi connectivity index (χ4n) is 1.18. The molecule has 0 saturated carbocycles. The molecule has 1 N–H and O–H groups in total. The van der Waals surface area contributed by atoms with E-state index in [0.29, 0.717) is 5.92 Å². The average molecular weight is 267 g/mol. The lowest BCUT2D eigenvalue weighted by Crippen LogP contribution is -2.24. The Morgan fingerprint density at radius 1 is 1.47 bits per heavy atom. The number of rotatable bonds is 3. The fraction of sp³-hybridized carbons (Fsp3) is 0.417. The summed E-state index contributed by atoms with van der Waals surface area (Å²) >= 11 is 3.41. The van der Waals surface area contributed by atoms with Gasteiger partial charge in [-0.25, -0.2) is 4.98 Å². The number of nitrogens with zero attached hydrogens (tertiary/aromatic N) is 1. The summed E-state index contributed by atoms with van der Waals surface area (Å²) in [6.07, 6.45) is 5.44. The number of pyridine rings is 1. The molecule has 0 saturated heterocycles. The fourth-order valence-corrected chi connectivity index (χ4v) is 1.41. The minimum atomic E-state index is 0.0260. The van der Waals surface area contributed by atoms with Crippen LogP contribution < -0.4 is 5.32 Å². The number of hydrogen-bond acceptors (Lipinski definition) is 2. The highest BCUT2D eigenvalue weighted by Crippen LogP contribution is 2.17. The maximum absolute atomic E-state index is 5.44. The maximum atomic E-state index is 5.44. The molecule has 80 valence electrons. The summed E-state index contributed by atoms with van der Waals surface area (Å²) < 4.78 is 1.01. The van der Waals surface area contributed by atoms with E-state index in [1.165, 1.54) is 0 Å². The van der Waals surface area contributed by atoms with E-state index in [9.17, 15) is 0 Å². The molecule has 0 aliphatic heterocycles. The first kappa shape index (κ1) is 12.1. The van der Waals surface area contributed by atoms with Gasteiger partial charge in [0.25, 0.3) is 0 Å². The highest BCUT2D eigenvalue weighted by Gasteiger charge is 2.10. The zero-order valence-electron chi connectivity index (χ0n) is 9.21. The Labute approximate surface area is 99.6 Å². The molecule has 1 aromatic heterocycles. The highest BCUT2D eigenvalue weighted by atomic mass is 79.9. The second-order valence-electron chi connectivity index (χ2n) is 3.80. The molecule has 1 atom stereocenters. The first-order valence-corrected chi connectivity index (χ1v) is 5.69. The second kappa shape index (κ2) is 5.18. The van der Waals surface area contributed by atoms with Crippen LogP contribution in [-0.2, 0) is 0 Å². The Balaban J connectivity index is 2.81. The van der Waals surface area contributed by atoms with Gasteiger partial charge in [0.05, 0.1) is 11.7 Å². The van der Waals surface area contributed by atoms with Crippen molar-refractivity contribution in [3.63, 3.8) is 0 Å². The van der Waals surface area contributed by atoms with E-state index in [2.05, 4.69) is 46.0 Å². The van der Waals surface area contributed by atoms with Crippen LogP contribution >= 0.6 is 15.9 Å². The van der Waals surface area contributed by atoms with Crippen molar-refractivity contribution in [2.75, 3.05) is 5.32 Å². The predicted octanol–water partition coefficient (Wildman–Crippen LogP) is 3.22. The van der Waals surface area contributed by atoms with Gasteiger partial charge < -0.3 is 5.32 Å². The normalized spacial score (nSPS) is 12.3. The van der Waals surface area contributed by atoms with E-state index in [-0.39, 0.29) is 6.04 Å². The number of aryl methyl sites for hydroxylation is 1. The van der Waals surface area contributed by atoms with Crippen molar-refractivity contribution in [1.29, 1.82) is 0 Å². The molecule has 0 amide bonds. The van der Waals surface area contributed by atoms with Gasteiger partial charge in [0, 0.05) is 4.47 Å². The van der Waals surface area contributed by atoms with Gasteiger partial charge in [0.2, 0.25) is 0 Å². The predicted molar refractivity (Wildman–Crippen MR) is 67.8 cm³/mol. The van der Waals surface area contributed by atoms with E-state index in [1.54, 1.807) is 0 Å². The number of halogens is 1. The van der Waals surface area contributed by atoms with E-state index in [4.69, 9.17) is 6.42 Å². The minimum Gasteiger partial charge on any atom is -0.356 e. The van der Waals surface area contributed by atoms with Gasteiger partial charge >= 0.3 is 0 Å². The molecule has 0 aliphatic rings. The van der Waals surface area contributed by atoms with Crippen LogP contribution in [0, 0.1) is 25.2 Å². The van der Waals surface area contributed by atoms with Crippen LogP contribution in [0.1, 0.15) is 19.5 Å². The quantitative estimate of drug-likeness (QED) is 0.850. The molecule has 0 radical (unpaired) electrons. The molecule has 1 heterocycles. The number of hydrogen-bond donors (Lipinski definition) is 1. The SMILES string of the molecule is C#CC(Nc1ccc(Br)c(C)n1)C(C)C. The topological polar surface area (TPSA) is 24.9 Å². The number of anilines is 1. The lowest BCUT2D eigenvalue weighted by Gasteiger charge is -2.17. The van der Waals surface area contributed by atoms with Crippen LogP contribution in [0.4, 0.5) is 5.82 Å². The van der Waals surface area contributed by atoms with Crippen molar-refractivity contribution >= 4 is 21.7 Å². The molecular weight excluding hydrogens is 252 g/mol. The van der Waals surface area contributed by atoms with Crippen LogP contribution in [-0.4, -0.2) is 11.0 Å². The van der Waals surface area contributed by atoms with Gasteiger partial charge in [0.15, 0.2) is 0 Å². The number of aromatic nitrogens is 1. The summed E-state index contributed by atoms with van der Waals surface area (Å²) in [6, 6.07) is 3.92. The molecule has 2 nitrogen and oxygen atoms in total. The third kappa shape index (κ3) is 3.24. The largest absolute Gasteiger partial charge is 0.356 e. The Morgan fingerprint density at radius 2 is 2.13 bits per heavy atom. The molecule has 1 rings (SSSR count). The van der Waals surface area contributed by atoms with Gasteiger partial charge in [-0.15, -0.1) is 6.42 Å². The first-order chi connectivity index (χ1) is 7.04. The van der Waals surface area contributed by atoms with Crippen molar-refractivity contribution in [1.82, 2.24) is 4.98 Å². The molecule has 0 bridgehead atoms. The number of nitrogens with one attached hydrogen (secondary N) is 1. The summed E-state index contributed by atoms with van der Waals surface area (Å²) in [5, 5.41) is 3.23. The summed E-state index contributed by atoms with van der Waals surface area (Å²) in [5.41, 5.74) is 0.958. The molecule has 0 aliphatic carbocycles. The van der Waals surface area contributed by atoms with Gasteiger partial charge in [-0.2, -0.15) is 0 Å². The van der Waals surface area contributed by atoms with Crippen molar-refractivity contribution in [3.05, 3.63) is 22.3 Å². The van der Waals surface area contributed by atoms with Crippen LogP contribution in [0.25, 0.3) is 0 Å². The van der Waals surface area contributed by atoms with Crippen LogP contribution in [0.5, 0.6) is 0 Å². The Hall–Kier alpha value is -1.01. The van der Waals surface area contributed by atoms with Gasteiger partial charge in [-0.05, 0) is 40.9 Å². The van der Waals surface area contributed by atoms with E-state index >= 15 is 0 Å². The minimum absolute atomic E-state index is 0.0260. The molecule has 3 heteroatoms. The lowest BCUT2D eigenvalue weighted by atomic mass is 10.1. The van der Waals surface area contributed by atoms with Crippen LogP contribution in [0.15, 0.2) is 16.6 Å². The number of terminal acetylenes is 1. The van der Waals surface area contributed by atoms with Crippen LogP contribution in [0.2, 0.25) is 0 Å². The Bertz CT molecular complexity index is 380. The van der Waals surface area contributed by atoms with E-state index in [1.807, 2.05) is 19.1 Å². The van der Waals surface area contributed by atoms with Crippen molar-refractivity contribution in [2.24, 2.45) is 5.92 Å². The third-order valence-electron chi connectivity index (χ3n) is 2.17. The summed E-state index contributed by atoms with van der Waals surface area (Å²) in [6.45, 7) is 6.13. The van der Waals surface area contributed by atoms with Crippen molar-refractivity contribution in [2.45, 2.75) is 26.8 Å². The molecule has 0 fully saturated rings. The smallest absolute Gasteiger partial charge is 0.127 e. The molecule has 1 unspecified atom stereocenters. The maximum Gasteiger partial charge on any atom is 0.127 e. The summed E-state index contributed by atoms with van der Waals surface area (Å²) in [4.78, 5) is 4.39. The molecule has 15 heavy (non-hydrogen) atoms. The van der Waals surface area contributed by atoms with Gasteiger partial charge in [-0.1, -0.05) is 19.8 Å². The monoisotopic (exact) mass is 266 g/mol. The standard InChI is InChI=1S/C12H15BrN2/c1-5-11(8(2)3)15-12-7-6-10(13)9(4)14-12/h1,6-8,11H,2-4H3,(H,14,15). The lowest BCUT2D eigenvalue weighted by molar-refractivity contribution is 0.612. The summed E-state index contributed by atoms with van der Waals surface area (Å²) in [7, 11) is 0. The van der Waals surface area contributed by atoms with Crippen molar-refractivity contribution in [3.8, 4) is 12.3 Å². The van der Waals surface area contributed by atoms with E-state index in [0.717, 1.165) is 16.0 Å². The Morgan fingerprint density at radius 3 is 2.60 bits per heavy atom. The van der Waals surface area contributed by atoms with Gasteiger partial charge in [-0.3, -0.25) is 0 Å². The zero-order valence-corrected chi connectivity index (χ0v) is 10.8. The first-order valence-electron chi connectivity index (χ1n) is 4.90. The van der Waals surface area contributed by atoms with Crippen molar-refractivity contribution < 1.29 is 0 Å². The average Bonchev–Trinajstić information content (AvgIpc) is 2.19. The van der Waals surface area contributed by atoms with E-state index < -0.39 is 0 Å². The van der Waals surface area contributed by atoms with Gasteiger partial charge in [0.1, 0.15) is 5.82 Å². The summed E-state index contributed by atoms with van der Waals surface area (Å²) in [5.74, 6) is 3.94. The Kier molecular flexibility index (Phi) is 4.16. The zero-order chi connectivity index (χ0) is 11.4. The third-order valence-corrected chi connectivity index (χ3v) is 3.01. The van der Waals surface area contributed by atoms with Crippen LogP contribution in [0.3, 0.4) is 0 Å². The highest BCUT2D eigenvalue weighted by molar-refractivity contribution is 9.10. The molecular formula is C12H15BrN2.